The summed E-state index contributed by atoms with van der Waals surface area (Å²) in [5.41, 5.74) is 6.01. The first kappa shape index (κ1) is 33.6. The highest BCUT2D eigenvalue weighted by atomic mass is 16.5. The van der Waals surface area contributed by atoms with Gasteiger partial charge in [-0.25, -0.2) is 4.79 Å². The number of ether oxygens (including phenoxy) is 4. The van der Waals surface area contributed by atoms with Crippen LogP contribution in [0.5, 0.6) is 11.5 Å². The lowest BCUT2D eigenvalue weighted by atomic mass is 9.87. The number of aryl methyl sites for hydroxylation is 1. The van der Waals surface area contributed by atoms with Crippen LogP contribution < -0.4 is 19.7 Å². The third-order valence-corrected chi connectivity index (χ3v) is 8.97. The summed E-state index contributed by atoms with van der Waals surface area (Å²) < 4.78 is 23.7. The Kier molecular flexibility index (Phi) is 12.6. The van der Waals surface area contributed by atoms with E-state index < -0.39 is 6.09 Å². The Bertz CT molecular complexity index is 1380. The Morgan fingerprint density at radius 1 is 1.00 bits per heavy atom. The van der Waals surface area contributed by atoms with Gasteiger partial charge in [-0.3, -0.25) is 0 Å². The lowest BCUT2D eigenvalue weighted by molar-refractivity contribution is -0.0199. The quantitative estimate of drug-likeness (QED) is 0.184. The molecule has 2 atom stereocenters. The topological polar surface area (TPSA) is 92.7 Å². The number of hydrogen-bond donors (Lipinski definition) is 2. The van der Waals surface area contributed by atoms with E-state index in [1.165, 1.54) is 22.6 Å². The summed E-state index contributed by atoms with van der Waals surface area (Å²) >= 11 is 0. The van der Waals surface area contributed by atoms with Crippen LogP contribution in [0, 0.1) is 0 Å². The average Bonchev–Trinajstić information content (AvgIpc) is 3.09. The second-order valence-electron chi connectivity index (χ2n) is 12.1. The molecule has 0 aromatic heterocycles. The van der Waals surface area contributed by atoms with Crippen LogP contribution in [0.1, 0.15) is 53.9 Å². The predicted molar refractivity (Wildman–Crippen MR) is 180 cm³/mol. The van der Waals surface area contributed by atoms with Crippen LogP contribution in [0.15, 0.2) is 66.7 Å². The normalized spacial score (nSPS) is 17.9. The monoisotopic (exact) mass is 631 g/mol. The number of methoxy groups -OCH3 is 1. The lowest BCUT2D eigenvalue weighted by Gasteiger charge is -2.37. The zero-order valence-corrected chi connectivity index (χ0v) is 27.3. The molecule has 2 unspecified atom stereocenters. The molecule has 0 aliphatic carbocycles. The predicted octanol–water partition coefficient (Wildman–Crippen LogP) is 6.10. The standard InChI is InChI=1S/C37H49N3O6/c1-38-18-6-20-39-19-5-9-30-12-11-28(24-34(30)39)26-46-36-25-40(37(41)42)21-17-33(36)29-13-15-32(16-14-29)45-23-7-22-44-27-31-8-3-4-10-35(31)43-2/h3-4,8,10-16,24,33,36,38H,5-7,9,17-23,25-27H2,1-2H3,(H,41,42). The first-order valence-electron chi connectivity index (χ1n) is 16.6. The minimum absolute atomic E-state index is 0.101. The molecule has 0 spiro atoms. The van der Waals surface area contributed by atoms with Crippen molar-refractivity contribution in [2.45, 2.75) is 57.3 Å². The molecule has 0 radical (unpaired) electrons. The van der Waals surface area contributed by atoms with Gasteiger partial charge in [0.25, 0.3) is 0 Å². The second kappa shape index (κ2) is 17.2. The number of rotatable bonds is 16. The molecule has 2 N–H and O–H groups in total. The molecule has 46 heavy (non-hydrogen) atoms. The number of anilines is 1. The molecule has 2 aliphatic heterocycles. The third kappa shape index (κ3) is 9.15. The number of nitrogens with one attached hydrogen (secondary N) is 1. The second-order valence-corrected chi connectivity index (χ2v) is 12.1. The van der Waals surface area contributed by atoms with Gasteiger partial charge in [0.1, 0.15) is 11.5 Å². The molecule has 0 bridgehead atoms. The van der Waals surface area contributed by atoms with Crippen LogP contribution in [-0.4, -0.2) is 82.3 Å². The van der Waals surface area contributed by atoms with Gasteiger partial charge in [-0.2, -0.15) is 0 Å². The van der Waals surface area contributed by atoms with Crippen molar-refractivity contribution in [3.8, 4) is 11.5 Å². The highest BCUT2D eigenvalue weighted by Gasteiger charge is 2.33. The largest absolute Gasteiger partial charge is 0.496 e. The smallest absolute Gasteiger partial charge is 0.407 e. The number of piperidine rings is 1. The molecule has 1 saturated heterocycles. The fourth-order valence-corrected chi connectivity index (χ4v) is 6.48. The highest BCUT2D eigenvalue weighted by molar-refractivity contribution is 5.65. The molecule has 2 heterocycles. The van der Waals surface area contributed by atoms with Crippen molar-refractivity contribution in [1.82, 2.24) is 10.2 Å². The molecule has 9 heteroatoms. The Morgan fingerprint density at radius 2 is 1.85 bits per heavy atom. The van der Waals surface area contributed by atoms with E-state index in [0.717, 1.165) is 67.1 Å². The first-order valence-corrected chi connectivity index (χ1v) is 16.6. The van der Waals surface area contributed by atoms with E-state index in [0.29, 0.717) is 45.9 Å². The molecule has 0 saturated carbocycles. The van der Waals surface area contributed by atoms with Crippen molar-refractivity contribution in [2.24, 2.45) is 0 Å². The van der Waals surface area contributed by atoms with Crippen molar-refractivity contribution in [3.05, 3.63) is 89.0 Å². The number of likely N-dealkylation sites (tertiary alicyclic amines) is 1. The van der Waals surface area contributed by atoms with E-state index >= 15 is 0 Å². The summed E-state index contributed by atoms with van der Waals surface area (Å²) in [6.07, 6.45) is 3.75. The molecule has 3 aromatic carbocycles. The SMILES string of the molecule is CNCCCN1CCCc2ccc(COC3CN(C(=O)O)CCC3c3ccc(OCCCOCc4ccccc4OC)cc3)cc21. The lowest BCUT2D eigenvalue weighted by Crippen LogP contribution is -2.46. The Hall–Kier alpha value is -3.79. The Balaban J connectivity index is 1.14. The van der Waals surface area contributed by atoms with Gasteiger partial charge < -0.3 is 39.2 Å². The molecular formula is C37H49N3O6. The van der Waals surface area contributed by atoms with Gasteiger partial charge in [0.15, 0.2) is 0 Å². The fraction of sp³-hybridized carbons (Fsp3) is 0.486. The van der Waals surface area contributed by atoms with E-state index in [1.807, 2.05) is 43.4 Å². The number of fused-ring (bicyclic) bond motifs is 1. The van der Waals surface area contributed by atoms with Crippen LogP contribution in [0.25, 0.3) is 0 Å². The van der Waals surface area contributed by atoms with Gasteiger partial charge in [0, 0.05) is 43.2 Å². The van der Waals surface area contributed by atoms with Crippen molar-refractivity contribution < 1.29 is 28.8 Å². The maximum absolute atomic E-state index is 11.9. The van der Waals surface area contributed by atoms with Crippen LogP contribution in [0.2, 0.25) is 0 Å². The first-order chi connectivity index (χ1) is 22.6. The van der Waals surface area contributed by atoms with Crippen LogP contribution in [0.4, 0.5) is 10.5 Å². The maximum Gasteiger partial charge on any atom is 0.407 e. The van der Waals surface area contributed by atoms with Gasteiger partial charge >= 0.3 is 6.09 Å². The minimum atomic E-state index is -0.895. The van der Waals surface area contributed by atoms with E-state index in [2.05, 4.69) is 40.5 Å². The van der Waals surface area contributed by atoms with E-state index in [9.17, 15) is 9.90 Å². The number of para-hydroxylation sites is 1. The number of carbonyl (C=O) groups is 1. The summed E-state index contributed by atoms with van der Waals surface area (Å²) in [6, 6.07) is 22.7. The summed E-state index contributed by atoms with van der Waals surface area (Å²) in [6.45, 7) is 6.08. The zero-order valence-electron chi connectivity index (χ0n) is 27.3. The zero-order chi connectivity index (χ0) is 32.1. The van der Waals surface area contributed by atoms with E-state index in [4.69, 9.17) is 18.9 Å². The Labute approximate surface area is 273 Å². The summed E-state index contributed by atoms with van der Waals surface area (Å²) in [4.78, 5) is 15.8. The third-order valence-electron chi connectivity index (χ3n) is 8.97. The molecule has 1 fully saturated rings. The number of nitrogens with zero attached hydrogens (tertiary/aromatic N) is 2. The molecular weight excluding hydrogens is 582 g/mol. The van der Waals surface area contributed by atoms with Crippen LogP contribution in [-0.2, 0) is 29.1 Å². The highest BCUT2D eigenvalue weighted by Crippen LogP contribution is 2.33. The van der Waals surface area contributed by atoms with Gasteiger partial charge in [0.05, 0.1) is 46.2 Å². The molecule has 3 aromatic rings. The molecule has 248 valence electrons. The number of carboxylic acid groups (broad SMARTS) is 1. The van der Waals surface area contributed by atoms with Crippen molar-refractivity contribution in [1.29, 1.82) is 0 Å². The van der Waals surface area contributed by atoms with Gasteiger partial charge in [-0.1, -0.05) is 42.5 Å². The number of amides is 1. The molecule has 1 amide bonds. The number of benzene rings is 3. The fourth-order valence-electron chi connectivity index (χ4n) is 6.48. The summed E-state index contributed by atoms with van der Waals surface area (Å²) in [7, 11) is 3.66. The van der Waals surface area contributed by atoms with Crippen molar-refractivity contribution in [2.75, 3.05) is 65.0 Å². The van der Waals surface area contributed by atoms with Gasteiger partial charge in [0.2, 0.25) is 0 Å². The number of hydrogen-bond acceptors (Lipinski definition) is 7. The van der Waals surface area contributed by atoms with Crippen molar-refractivity contribution >= 4 is 11.8 Å². The maximum atomic E-state index is 11.9. The van der Waals surface area contributed by atoms with Crippen LogP contribution in [0.3, 0.4) is 0 Å². The molecule has 2 aliphatic rings. The summed E-state index contributed by atoms with van der Waals surface area (Å²) in [5.74, 6) is 1.74. The summed E-state index contributed by atoms with van der Waals surface area (Å²) in [5, 5.41) is 13.0. The Morgan fingerprint density at radius 3 is 2.65 bits per heavy atom. The van der Waals surface area contributed by atoms with Crippen LogP contribution >= 0.6 is 0 Å². The van der Waals surface area contributed by atoms with E-state index in [1.54, 1.807) is 7.11 Å². The van der Waals surface area contributed by atoms with Gasteiger partial charge in [-0.15, -0.1) is 0 Å². The average molecular weight is 632 g/mol. The minimum Gasteiger partial charge on any atom is -0.496 e. The molecule has 5 rings (SSSR count). The van der Waals surface area contributed by atoms with Gasteiger partial charge in [-0.05, 0) is 80.2 Å². The van der Waals surface area contributed by atoms with E-state index in [-0.39, 0.29) is 12.0 Å². The van der Waals surface area contributed by atoms with Crippen molar-refractivity contribution in [3.63, 3.8) is 0 Å². The molecule has 9 nitrogen and oxygen atoms in total.